The van der Waals surface area contributed by atoms with E-state index in [4.69, 9.17) is 11.6 Å². The molecule has 0 saturated carbocycles. The summed E-state index contributed by atoms with van der Waals surface area (Å²) in [7, 11) is 0. The second-order valence-corrected chi connectivity index (χ2v) is 4.96. The number of rotatable bonds is 5. The average molecular weight is 308 g/mol. The normalized spacial score (nSPS) is 10.4. The quantitative estimate of drug-likeness (QED) is 0.822. The summed E-state index contributed by atoms with van der Waals surface area (Å²) in [5.74, 6) is -1.25. The molecule has 21 heavy (non-hydrogen) atoms. The van der Waals surface area contributed by atoms with Crippen molar-refractivity contribution in [1.29, 1.82) is 0 Å². The van der Waals surface area contributed by atoms with E-state index < -0.39 is 11.7 Å². The topological polar surface area (TPSA) is 49.3 Å². The standard InChI is InChI=1S/C16H15ClFNO2/c17-9-3-5-11-4-1-6-12(10-11)19-16(21)15-13(18)7-2-8-14(15)20/h1-2,4,6-8,10,20H,3,5,9H2,(H,19,21). The molecular weight excluding hydrogens is 293 g/mol. The van der Waals surface area contributed by atoms with Crippen LogP contribution in [0.15, 0.2) is 42.5 Å². The third kappa shape index (κ3) is 3.95. The number of benzene rings is 2. The second kappa shape index (κ2) is 7.09. The number of nitrogens with one attached hydrogen (secondary N) is 1. The van der Waals surface area contributed by atoms with Gasteiger partial charge >= 0.3 is 0 Å². The Labute approximate surface area is 127 Å². The van der Waals surface area contributed by atoms with Gasteiger partial charge in [0.05, 0.1) is 0 Å². The van der Waals surface area contributed by atoms with Crippen molar-refractivity contribution in [3.05, 3.63) is 59.4 Å². The molecule has 0 aliphatic rings. The molecule has 0 spiro atoms. The molecule has 0 aromatic heterocycles. The summed E-state index contributed by atoms with van der Waals surface area (Å²) < 4.78 is 13.6. The molecule has 0 atom stereocenters. The molecule has 110 valence electrons. The average Bonchev–Trinajstić information content (AvgIpc) is 2.45. The van der Waals surface area contributed by atoms with Crippen LogP contribution >= 0.6 is 11.6 Å². The summed E-state index contributed by atoms with van der Waals surface area (Å²) in [4.78, 5) is 12.0. The van der Waals surface area contributed by atoms with Crippen LogP contribution in [-0.2, 0) is 6.42 Å². The highest BCUT2D eigenvalue weighted by Gasteiger charge is 2.16. The van der Waals surface area contributed by atoms with Crippen LogP contribution in [0.5, 0.6) is 5.75 Å². The summed E-state index contributed by atoms with van der Waals surface area (Å²) in [6.45, 7) is 0. The van der Waals surface area contributed by atoms with Gasteiger partial charge in [-0.3, -0.25) is 4.79 Å². The minimum Gasteiger partial charge on any atom is -0.507 e. The van der Waals surface area contributed by atoms with Crippen molar-refractivity contribution < 1.29 is 14.3 Å². The molecule has 0 bridgehead atoms. The van der Waals surface area contributed by atoms with Crippen LogP contribution in [0.3, 0.4) is 0 Å². The SMILES string of the molecule is O=C(Nc1cccc(CCCCl)c1)c1c(O)cccc1F. The van der Waals surface area contributed by atoms with E-state index in [2.05, 4.69) is 5.32 Å². The molecule has 1 amide bonds. The fraction of sp³-hybridized carbons (Fsp3) is 0.188. The van der Waals surface area contributed by atoms with E-state index in [0.717, 1.165) is 24.5 Å². The van der Waals surface area contributed by atoms with E-state index in [1.54, 1.807) is 12.1 Å². The Morgan fingerprint density at radius 2 is 2.00 bits per heavy atom. The van der Waals surface area contributed by atoms with Crippen LogP contribution in [0.1, 0.15) is 22.3 Å². The zero-order chi connectivity index (χ0) is 15.2. The maximum absolute atomic E-state index is 13.6. The van der Waals surface area contributed by atoms with Crippen molar-refractivity contribution in [2.24, 2.45) is 0 Å². The van der Waals surface area contributed by atoms with Gasteiger partial charge < -0.3 is 10.4 Å². The summed E-state index contributed by atoms with van der Waals surface area (Å²) in [5, 5.41) is 12.2. The first-order chi connectivity index (χ1) is 10.1. The highest BCUT2D eigenvalue weighted by molar-refractivity contribution is 6.17. The maximum Gasteiger partial charge on any atom is 0.262 e. The lowest BCUT2D eigenvalue weighted by Gasteiger charge is -2.09. The van der Waals surface area contributed by atoms with Crippen molar-refractivity contribution in [3.63, 3.8) is 0 Å². The van der Waals surface area contributed by atoms with Gasteiger partial charge in [0.1, 0.15) is 17.1 Å². The molecule has 0 aliphatic carbocycles. The monoisotopic (exact) mass is 307 g/mol. The van der Waals surface area contributed by atoms with E-state index in [-0.39, 0.29) is 11.3 Å². The number of hydrogen-bond donors (Lipinski definition) is 2. The van der Waals surface area contributed by atoms with Crippen LogP contribution in [0.4, 0.5) is 10.1 Å². The fourth-order valence-corrected chi connectivity index (χ4v) is 2.14. The first kappa shape index (κ1) is 15.3. The zero-order valence-electron chi connectivity index (χ0n) is 11.3. The van der Waals surface area contributed by atoms with Crippen LogP contribution in [-0.4, -0.2) is 16.9 Å². The van der Waals surface area contributed by atoms with Gasteiger partial charge in [-0.15, -0.1) is 11.6 Å². The lowest BCUT2D eigenvalue weighted by Crippen LogP contribution is -2.14. The summed E-state index contributed by atoms with van der Waals surface area (Å²) >= 11 is 5.65. The van der Waals surface area contributed by atoms with Crippen LogP contribution in [0.25, 0.3) is 0 Å². The van der Waals surface area contributed by atoms with Crippen molar-refractivity contribution in [1.82, 2.24) is 0 Å². The molecule has 0 heterocycles. The number of carbonyl (C=O) groups excluding carboxylic acids is 1. The predicted octanol–water partition coefficient (Wildman–Crippen LogP) is 3.96. The van der Waals surface area contributed by atoms with E-state index in [1.165, 1.54) is 12.1 Å². The van der Waals surface area contributed by atoms with Gasteiger partial charge in [0.2, 0.25) is 0 Å². The van der Waals surface area contributed by atoms with Gasteiger partial charge in [-0.05, 0) is 42.7 Å². The summed E-state index contributed by atoms with van der Waals surface area (Å²) in [5.41, 5.74) is 1.23. The van der Waals surface area contributed by atoms with Crippen LogP contribution in [0, 0.1) is 5.82 Å². The lowest BCUT2D eigenvalue weighted by molar-refractivity contribution is 0.102. The molecule has 0 unspecified atom stereocenters. The molecule has 0 fully saturated rings. The number of phenolic OH excluding ortho intramolecular Hbond substituents is 1. The van der Waals surface area contributed by atoms with Crippen molar-refractivity contribution in [2.45, 2.75) is 12.8 Å². The number of aromatic hydroxyl groups is 1. The van der Waals surface area contributed by atoms with Crippen LogP contribution < -0.4 is 5.32 Å². The van der Waals surface area contributed by atoms with Crippen molar-refractivity contribution >= 4 is 23.2 Å². The Bertz CT molecular complexity index is 626. The van der Waals surface area contributed by atoms with Gasteiger partial charge in [-0.2, -0.15) is 0 Å². The van der Waals surface area contributed by atoms with Gasteiger partial charge in [-0.1, -0.05) is 18.2 Å². The Hall–Kier alpha value is -2.07. The molecule has 5 heteroatoms. The number of aryl methyl sites for hydroxylation is 1. The highest BCUT2D eigenvalue weighted by atomic mass is 35.5. The number of phenols is 1. The van der Waals surface area contributed by atoms with E-state index in [0.29, 0.717) is 11.6 Å². The fourth-order valence-electron chi connectivity index (χ4n) is 2.01. The largest absolute Gasteiger partial charge is 0.507 e. The molecular formula is C16H15ClFNO2. The number of carbonyl (C=O) groups is 1. The van der Waals surface area contributed by atoms with Crippen molar-refractivity contribution in [3.8, 4) is 5.75 Å². The maximum atomic E-state index is 13.6. The second-order valence-electron chi connectivity index (χ2n) is 4.58. The van der Waals surface area contributed by atoms with E-state index in [9.17, 15) is 14.3 Å². The van der Waals surface area contributed by atoms with Crippen LogP contribution in [0.2, 0.25) is 0 Å². The molecule has 0 radical (unpaired) electrons. The summed E-state index contributed by atoms with van der Waals surface area (Å²) in [6, 6.07) is 11.0. The third-order valence-electron chi connectivity index (χ3n) is 3.00. The number of hydrogen-bond acceptors (Lipinski definition) is 2. The van der Waals surface area contributed by atoms with Gasteiger partial charge in [0, 0.05) is 11.6 Å². The third-order valence-corrected chi connectivity index (χ3v) is 3.27. The molecule has 2 rings (SSSR count). The molecule has 2 aromatic rings. The highest BCUT2D eigenvalue weighted by Crippen LogP contribution is 2.21. The van der Waals surface area contributed by atoms with E-state index in [1.807, 2.05) is 12.1 Å². The number of amides is 1. The molecule has 3 nitrogen and oxygen atoms in total. The number of anilines is 1. The molecule has 2 N–H and O–H groups in total. The van der Waals surface area contributed by atoms with Gasteiger partial charge in [0.15, 0.2) is 0 Å². The Kier molecular flexibility index (Phi) is 5.17. The number of alkyl halides is 1. The first-order valence-electron chi connectivity index (χ1n) is 6.55. The number of halogens is 2. The predicted molar refractivity (Wildman–Crippen MR) is 81.5 cm³/mol. The molecule has 0 aliphatic heterocycles. The van der Waals surface area contributed by atoms with E-state index >= 15 is 0 Å². The van der Waals surface area contributed by atoms with Gasteiger partial charge in [-0.25, -0.2) is 4.39 Å². The minimum absolute atomic E-state index is 0.358. The molecule has 0 saturated heterocycles. The first-order valence-corrected chi connectivity index (χ1v) is 7.09. The molecule has 2 aromatic carbocycles. The Balaban J connectivity index is 2.16. The minimum atomic E-state index is -0.759. The van der Waals surface area contributed by atoms with Crippen molar-refractivity contribution in [2.75, 3.05) is 11.2 Å². The smallest absolute Gasteiger partial charge is 0.262 e. The Morgan fingerprint density at radius 3 is 2.71 bits per heavy atom. The van der Waals surface area contributed by atoms with Gasteiger partial charge in [0.25, 0.3) is 5.91 Å². The lowest BCUT2D eigenvalue weighted by atomic mass is 10.1. The zero-order valence-corrected chi connectivity index (χ0v) is 12.0. The Morgan fingerprint density at radius 1 is 1.24 bits per heavy atom. The summed E-state index contributed by atoms with van der Waals surface area (Å²) in [6.07, 6.45) is 1.64.